The van der Waals surface area contributed by atoms with E-state index in [-0.39, 0.29) is 5.82 Å². The molecule has 0 amide bonds. The molecule has 0 aromatic heterocycles. The second-order valence-corrected chi connectivity index (χ2v) is 6.88. The molecular weight excluding hydrogens is 303 g/mol. The SMILES string of the molecule is CNCC(=Cc1c(F)cccc1Cl)B1OC(C)(C)C(C)(C)O1. The van der Waals surface area contributed by atoms with E-state index in [0.29, 0.717) is 17.1 Å². The Morgan fingerprint density at radius 1 is 1.27 bits per heavy atom. The lowest BCUT2D eigenvalue weighted by atomic mass is 9.77. The molecule has 1 aliphatic rings. The minimum atomic E-state index is -0.534. The summed E-state index contributed by atoms with van der Waals surface area (Å²) in [6, 6.07) is 4.64. The average Bonchev–Trinajstić information content (AvgIpc) is 2.61. The number of halogens is 2. The molecule has 6 heteroatoms. The molecule has 0 atom stereocenters. The van der Waals surface area contributed by atoms with Crippen LogP contribution in [0.1, 0.15) is 33.3 Å². The lowest BCUT2D eigenvalue weighted by Crippen LogP contribution is -2.41. The van der Waals surface area contributed by atoms with Gasteiger partial charge in [-0.2, -0.15) is 0 Å². The number of rotatable bonds is 4. The van der Waals surface area contributed by atoms with Crippen LogP contribution in [0.4, 0.5) is 4.39 Å². The highest BCUT2D eigenvalue weighted by molar-refractivity contribution is 6.56. The predicted octanol–water partition coefficient (Wildman–Crippen LogP) is 3.71. The highest BCUT2D eigenvalue weighted by atomic mass is 35.5. The van der Waals surface area contributed by atoms with Gasteiger partial charge in [0.05, 0.1) is 16.2 Å². The minimum absolute atomic E-state index is 0.351. The zero-order chi connectivity index (χ0) is 16.5. The van der Waals surface area contributed by atoms with Gasteiger partial charge in [-0.15, -0.1) is 0 Å². The Bertz CT molecular complexity index is 553. The maximum absolute atomic E-state index is 14.0. The fourth-order valence-corrected chi connectivity index (χ4v) is 2.45. The molecule has 1 aromatic rings. The number of nitrogens with one attached hydrogen (secondary N) is 1. The van der Waals surface area contributed by atoms with Crippen LogP contribution in [0, 0.1) is 5.82 Å². The molecule has 22 heavy (non-hydrogen) atoms. The van der Waals surface area contributed by atoms with E-state index >= 15 is 0 Å². The average molecular weight is 326 g/mol. The number of likely N-dealkylation sites (N-methyl/N-ethyl adjacent to an activating group) is 1. The van der Waals surface area contributed by atoms with Gasteiger partial charge in [0.15, 0.2) is 0 Å². The van der Waals surface area contributed by atoms with E-state index in [0.717, 1.165) is 5.47 Å². The van der Waals surface area contributed by atoms with Gasteiger partial charge in [-0.05, 0) is 52.3 Å². The molecule has 0 radical (unpaired) electrons. The Hall–Kier alpha value is -0.875. The first-order valence-corrected chi connectivity index (χ1v) is 7.70. The largest absolute Gasteiger partial charge is 0.491 e. The molecule has 120 valence electrons. The fraction of sp³-hybridized carbons (Fsp3) is 0.500. The molecule has 0 spiro atoms. The van der Waals surface area contributed by atoms with Crippen LogP contribution in [0.5, 0.6) is 0 Å². The summed E-state index contributed by atoms with van der Waals surface area (Å²) in [4.78, 5) is 0. The van der Waals surface area contributed by atoms with Crippen LogP contribution < -0.4 is 5.32 Å². The van der Waals surface area contributed by atoms with Crippen molar-refractivity contribution in [1.29, 1.82) is 0 Å². The van der Waals surface area contributed by atoms with Crippen LogP contribution in [0.25, 0.3) is 6.08 Å². The first-order chi connectivity index (χ1) is 10.2. The van der Waals surface area contributed by atoms with Gasteiger partial charge < -0.3 is 14.6 Å². The van der Waals surface area contributed by atoms with E-state index < -0.39 is 18.3 Å². The van der Waals surface area contributed by atoms with Gasteiger partial charge in [-0.3, -0.25) is 0 Å². The van der Waals surface area contributed by atoms with Crippen molar-refractivity contribution in [1.82, 2.24) is 5.32 Å². The molecule has 2 rings (SSSR count). The van der Waals surface area contributed by atoms with Crippen LogP contribution in [0.15, 0.2) is 23.7 Å². The molecule has 0 bridgehead atoms. The van der Waals surface area contributed by atoms with Crippen molar-refractivity contribution in [3.05, 3.63) is 40.1 Å². The molecule has 1 saturated heterocycles. The topological polar surface area (TPSA) is 30.5 Å². The summed E-state index contributed by atoms with van der Waals surface area (Å²) in [6.45, 7) is 8.46. The zero-order valence-corrected chi connectivity index (χ0v) is 14.4. The second kappa shape index (κ2) is 6.32. The lowest BCUT2D eigenvalue weighted by molar-refractivity contribution is 0.00578. The normalized spacial score (nSPS) is 20.5. The monoisotopic (exact) mass is 325 g/mol. The molecular formula is C16H22BClFNO2. The Labute approximate surface area is 137 Å². The first-order valence-electron chi connectivity index (χ1n) is 7.32. The summed E-state index contributed by atoms with van der Waals surface area (Å²) < 4.78 is 26.1. The Morgan fingerprint density at radius 3 is 2.36 bits per heavy atom. The van der Waals surface area contributed by atoms with Gasteiger partial charge in [0.1, 0.15) is 5.82 Å². The molecule has 1 heterocycles. The summed E-state index contributed by atoms with van der Waals surface area (Å²) >= 11 is 6.11. The quantitative estimate of drug-likeness (QED) is 0.856. The molecule has 0 unspecified atom stereocenters. The predicted molar refractivity (Wildman–Crippen MR) is 89.4 cm³/mol. The van der Waals surface area contributed by atoms with Gasteiger partial charge in [0.25, 0.3) is 0 Å². The Balaban J connectivity index is 2.38. The Morgan fingerprint density at radius 2 is 1.86 bits per heavy atom. The summed E-state index contributed by atoms with van der Waals surface area (Å²) in [5.74, 6) is -0.363. The smallest absolute Gasteiger partial charge is 0.400 e. The van der Waals surface area contributed by atoms with E-state index in [1.54, 1.807) is 18.2 Å². The van der Waals surface area contributed by atoms with Crippen molar-refractivity contribution in [2.75, 3.05) is 13.6 Å². The van der Waals surface area contributed by atoms with Crippen LogP contribution in [0.2, 0.25) is 5.02 Å². The summed E-state index contributed by atoms with van der Waals surface area (Å²) in [6.07, 6.45) is 1.70. The molecule has 0 aliphatic carbocycles. The van der Waals surface area contributed by atoms with E-state index in [2.05, 4.69) is 5.32 Å². The van der Waals surface area contributed by atoms with Crippen molar-refractivity contribution >= 4 is 24.8 Å². The van der Waals surface area contributed by atoms with Gasteiger partial charge in [0.2, 0.25) is 0 Å². The molecule has 1 fully saturated rings. The fourth-order valence-electron chi connectivity index (χ4n) is 2.23. The van der Waals surface area contributed by atoms with E-state index in [4.69, 9.17) is 20.9 Å². The third-order valence-corrected chi connectivity index (χ3v) is 4.60. The highest BCUT2D eigenvalue weighted by Crippen LogP contribution is 2.39. The lowest BCUT2D eigenvalue weighted by Gasteiger charge is -2.32. The summed E-state index contributed by atoms with van der Waals surface area (Å²) in [5.41, 5.74) is 0.268. The maximum Gasteiger partial charge on any atom is 0.491 e. The number of hydrogen-bond acceptors (Lipinski definition) is 3. The Kier molecular flexibility index (Phi) is 5.02. The van der Waals surface area contributed by atoms with Gasteiger partial charge >= 0.3 is 7.12 Å². The van der Waals surface area contributed by atoms with Crippen molar-refractivity contribution in [3.8, 4) is 0 Å². The molecule has 3 nitrogen and oxygen atoms in total. The zero-order valence-electron chi connectivity index (χ0n) is 13.7. The van der Waals surface area contributed by atoms with Gasteiger partial charge in [0, 0.05) is 12.1 Å². The maximum atomic E-state index is 14.0. The van der Waals surface area contributed by atoms with E-state index in [9.17, 15) is 4.39 Å². The standard InChI is InChI=1S/C16H22BClFNO2/c1-15(2)16(3,4)22-17(21-15)11(10-20-5)9-12-13(18)7-6-8-14(12)19/h6-9,20H,10H2,1-5H3. The van der Waals surface area contributed by atoms with Crippen LogP contribution in [0.3, 0.4) is 0 Å². The van der Waals surface area contributed by atoms with Crippen molar-refractivity contribution in [3.63, 3.8) is 0 Å². The minimum Gasteiger partial charge on any atom is -0.400 e. The third kappa shape index (κ3) is 3.38. The van der Waals surface area contributed by atoms with Crippen molar-refractivity contribution < 1.29 is 13.7 Å². The van der Waals surface area contributed by atoms with E-state index in [1.165, 1.54) is 6.07 Å². The van der Waals surface area contributed by atoms with Crippen LogP contribution in [-0.2, 0) is 9.31 Å². The van der Waals surface area contributed by atoms with Gasteiger partial charge in [-0.1, -0.05) is 23.7 Å². The second-order valence-electron chi connectivity index (χ2n) is 6.47. The molecule has 0 saturated carbocycles. The molecule has 1 aliphatic heterocycles. The van der Waals surface area contributed by atoms with Crippen LogP contribution >= 0.6 is 11.6 Å². The van der Waals surface area contributed by atoms with E-state index in [1.807, 2.05) is 34.7 Å². The molecule has 1 N–H and O–H groups in total. The summed E-state index contributed by atoms with van der Waals surface area (Å²) in [5, 5.41) is 3.43. The van der Waals surface area contributed by atoms with Crippen LogP contribution in [-0.4, -0.2) is 31.9 Å². The van der Waals surface area contributed by atoms with Gasteiger partial charge in [-0.25, -0.2) is 4.39 Å². The third-order valence-electron chi connectivity index (χ3n) is 4.27. The summed E-state index contributed by atoms with van der Waals surface area (Å²) in [7, 11) is 1.29. The first kappa shape index (κ1) is 17.5. The highest BCUT2D eigenvalue weighted by Gasteiger charge is 2.52. The number of benzene rings is 1. The van der Waals surface area contributed by atoms with Crippen molar-refractivity contribution in [2.45, 2.75) is 38.9 Å². The van der Waals surface area contributed by atoms with Crippen molar-refractivity contribution in [2.24, 2.45) is 0 Å². The number of hydrogen-bond donors (Lipinski definition) is 1. The molecule has 1 aromatic carbocycles.